The van der Waals surface area contributed by atoms with Gasteiger partial charge in [0.05, 0.1) is 12.7 Å². The van der Waals surface area contributed by atoms with E-state index in [1.54, 1.807) is 19.1 Å². The highest BCUT2D eigenvalue weighted by Gasteiger charge is 2.20. The normalized spacial score (nSPS) is 9.94. The average molecular weight is 251 g/mol. The van der Waals surface area contributed by atoms with Crippen molar-refractivity contribution in [2.45, 2.75) is 13.8 Å². The lowest BCUT2D eigenvalue weighted by atomic mass is 10.1. The van der Waals surface area contributed by atoms with Crippen molar-refractivity contribution in [3.63, 3.8) is 0 Å². The van der Waals surface area contributed by atoms with E-state index in [0.717, 1.165) is 5.56 Å². The van der Waals surface area contributed by atoms with Crippen molar-refractivity contribution >= 4 is 11.9 Å². The molecule has 0 spiro atoms. The highest BCUT2D eigenvalue weighted by atomic mass is 16.5. The van der Waals surface area contributed by atoms with Crippen molar-refractivity contribution in [2.24, 2.45) is 0 Å². The second-order valence-electron chi connectivity index (χ2n) is 3.92. The molecule has 98 valence electrons. The van der Waals surface area contributed by atoms with Gasteiger partial charge in [0.25, 0.3) is 5.91 Å². The maximum atomic E-state index is 12.2. The summed E-state index contributed by atoms with van der Waals surface area (Å²) >= 11 is 0. The van der Waals surface area contributed by atoms with Gasteiger partial charge in [-0.05, 0) is 26.0 Å². The van der Waals surface area contributed by atoms with Crippen molar-refractivity contribution < 1.29 is 19.4 Å². The number of benzene rings is 1. The van der Waals surface area contributed by atoms with Crippen molar-refractivity contribution in [1.82, 2.24) is 4.90 Å². The number of ether oxygens (including phenoxy) is 1. The van der Waals surface area contributed by atoms with Crippen LogP contribution in [0.2, 0.25) is 0 Å². The second kappa shape index (κ2) is 6.05. The van der Waals surface area contributed by atoms with Gasteiger partial charge in [0.2, 0.25) is 0 Å². The van der Waals surface area contributed by atoms with Crippen LogP contribution < -0.4 is 0 Å². The molecule has 1 rings (SSSR count). The van der Waals surface area contributed by atoms with Gasteiger partial charge < -0.3 is 14.7 Å². The van der Waals surface area contributed by atoms with E-state index < -0.39 is 5.97 Å². The van der Waals surface area contributed by atoms with Crippen LogP contribution in [-0.4, -0.2) is 42.1 Å². The van der Waals surface area contributed by atoms with Crippen molar-refractivity contribution in [1.29, 1.82) is 0 Å². The molecule has 5 nitrogen and oxygen atoms in total. The summed E-state index contributed by atoms with van der Waals surface area (Å²) in [7, 11) is 1.27. The summed E-state index contributed by atoms with van der Waals surface area (Å²) in [5, 5.41) is 9.68. The van der Waals surface area contributed by atoms with Crippen LogP contribution in [0.25, 0.3) is 0 Å². The molecular weight excluding hydrogens is 234 g/mol. The zero-order chi connectivity index (χ0) is 13.7. The summed E-state index contributed by atoms with van der Waals surface area (Å²) in [6.07, 6.45) is 0. The number of carbonyl (C=O) groups excluding carboxylic acids is 2. The van der Waals surface area contributed by atoms with E-state index in [1.807, 2.05) is 6.92 Å². The largest absolute Gasteiger partial charge is 0.507 e. The lowest BCUT2D eigenvalue weighted by Crippen LogP contribution is -2.36. The highest BCUT2D eigenvalue weighted by Crippen LogP contribution is 2.20. The van der Waals surface area contributed by atoms with Gasteiger partial charge in [0.15, 0.2) is 0 Å². The molecule has 0 aliphatic heterocycles. The molecule has 1 aromatic carbocycles. The molecule has 0 radical (unpaired) electrons. The molecule has 0 aliphatic rings. The SMILES string of the molecule is CCN(CC(=O)OC)C(=O)c1cc(C)ccc1O. The summed E-state index contributed by atoms with van der Waals surface area (Å²) in [5.74, 6) is -0.963. The molecule has 18 heavy (non-hydrogen) atoms. The molecule has 0 aliphatic carbocycles. The number of hydrogen-bond acceptors (Lipinski definition) is 4. The summed E-state index contributed by atoms with van der Waals surface area (Å²) in [5.41, 5.74) is 1.06. The van der Waals surface area contributed by atoms with Gasteiger partial charge in [0.1, 0.15) is 12.3 Å². The highest BCUT2D eigenvalue weighted by molar-refractivity contribution is 5.98. The number of methoxy groups -OCH3 is 1. The van der Waals surface area contributed by atoms with Gasteiger partial charge in [-0.25, -0.2) is 0 Å². The number of hydrogen-bond donors (Lipinski definition) is 1. The van der Waals surface area contributed by atoms with E-state index in [4.69, 9.17) is 0 Å². The topological polar surface area (TPSA) is 66.8 Å². The van der Waals surface area contributed by atoms with Crippen LogP contribution in [0.5, 0.6) is 5.75 Å². The number of phenolic OH excluding ortho intramolecular Hbond substituents is 1. The Kier molecular flexibility index (Phi) is 4.71. The van der Waals surface area contributed by atoms with Crippen LogP contribution in [0, 0.1) is 6.92 Å². The fourth-order valence-electron chi connectivity index (χ4n) is 1.54. The van der Waals surface area contributed by atoms with Crippen LogP contribution in [-0.2, 0) is 9.53 Å². The summed E-state index contributed by atoms with van der Waals surface area (Å²) < 4.78 is 4.53. The lowest BCUT2D eigenvalue weighted by Gasteiger charge is -2.20. The Morgan fingerprint density at radius 3 is 2.61 bits per heavy atom. The van der Waals surface area contributed by atoms with E-state index in [-0.39, 0.29) is 23.8 Å². The molecule has 0 aromatic heterocycles. The van der Waals surface area contributed by atoms with E-state index >= 15 is 0 Å². The number of amides is 1. The number of carbonyl (C=O) groups is 2. The summed E-state index contributed by atoms with van der Waals surface area (Å²) in [4.78, 5) is 24.7. The molecule has 1 N–H and O–H groups in total. The van der Waals surface area contributed by atoms with Gasteiger partial charge in [-0.15, -0.1) is 0 Å². The Hall–Kier alpha value is -2.04. The number of phenols is 1. The third-order valence-corrected chi connectivity index (χ3v) is 2.60. The first-order chi connectivity index (χ1) is 8.49. The molecule has 1 aromatic rings. The minimum Gasteiger partial charge on any atom is -0.507 e. The molecular formula is C13H17NO4. The van der Waals surface area contributed by atoms with Gasteiger partial charge in [-0.1, -0.05) is 11.6 Å². The summed E-state index contributed by atoms with van der Waals surface area (Å²) in [6.45, 7) is 3.82. The van der Waals surface area contributed by atoms with Gasteiger partial charge >= 0.3 is 5.97 Å². The lowest BCUT2D eigenvalue weighted by molar-refractivity contribution is -0.141. The van der Waals surface area contributed by atoms with Crippen LogP contribution in [0.1, 0.15) is 22.8 Å². The maximum absolute atomic E-state index is 12.2. The first kappa shape index (κ1) is 14.0. The average Bonchev–Trinajstić information content (AvgIpc) is 2.37. The zero-order valence-corrected chi connectivity index (χ0v) is 10.8. The fourth-order valence-corrected chi connectivity index (χ4v) is 1.54. The zero-order valence-electron chi connectivity index (χ0n) is 10.8. The van der Waals surface area contributed by atoms with E-state index in [9.17, 15) is 14.7 Å². The molecule has 0 saturated heterocycles. The molecule has 0 fully saturated rings. The molecule has 0 bridgehead atoms. The quantitative estimate of drug-likeness (QED) is 0.820. The Bertz CT molecular complexity index is 456. The maximum Gasteiger partial charge on any atom is 0.325 e. The summed E-state index contributed by atoms with van der Waals surface area (Å²) in [6, 6.07) is 4.77. The minimum atomic E-state index is -0.489. The number of esters is 1. The van der Waals surface area contributed by atoms with Crippen LogP contribution in [0.3, 0.4) is 0 Å². The van der Waals surface area contributed by atoms with Gasteiger partial charge in [-0.3, -0.25) is 9.59 Å². The van der Waals surface area contributed by atoms with E-state index in [2.05, 4.69) is 4.74 Å². The van der Waals surface area contributed by atoms with Crippen LogP contribution in [0.15, 0.2) is 18.2 Å². The predicted octanol–water partition coefficient (Wildman–Crippen LogP) is 1.34. The van der Waals surface area contributed by atoms with Gasteiger partial charge in [-0.2, -0.15) is 0 Å². The third-order valence-electron chi connectivity index (χ3n) is 2.60. The number of rotatable bonds is 4. The Morgan fingerprint density at radius 2 is 2.06 bits per heavy atom. The Labute approximate surface area is 106 Å². The number of aromatic hydroxyl groups is 1. The van der Waals surface area contributed by atoms with E-state index in [0.29, 0.717) is 6.54 Å². The van der Waals surface area contributed by atoms with Crippen LogP contribution in [0.4, 0.5) is 0 Å². The molecule has 1 amide bonds. The Balaban J connectivity index is 2.96. The third kappa shape index (κ3) is 3.23. The molecule has 0 saturated carbocycles. The van der Waals surface area contributed by atoms with Crippen molar-refractivity contribution in [3.05, 3.63) is 29.3 Å². The first-order valence-electron chi connectivity index (χ1n) is 5.65. The standard InChI is InChI=1S/C13H17NO4/c1-4-14(8-12(16)18-3)13(17)10-7-9(2)5-6-11(10)15/h5-7,15H,4,8H2,1-3H3. The molecule has 0 atom stereocenters. The van der Waals surface area contributed by atoms with Crippen LogP contribution >= 0.6 is 0 Å². The molecule has 0 unspecified atom stereocenters. The Morgan fingerprint density at radius 1 is 1.39 bits per heavy atom. The fraction of sp³-hybridized carbons (Fsp3) is 0.385. The number of aryl methyl sites for hydroxylation is 1. The van der Waals surface area contributed by atoms with E-state index in [1.165, 1.54) is 18.1 Å². The second-order valence-corrected chi connectivity index (χ2v) is 3.92. The number of nitrogens with zero attached hydrogens (tertiary/aromatic N) is 1. The molecule has 0 heterocycles. The first-order valence-corrected chi connectivity index (χ1v) is 5.65. The monoisotopic (exact) mass is 251 g/mol. The number of likely N-dealkylation sites (N-methyl/N-ethyl adjacent to an activating group) is 1. The van der Waals surface area contributed by atoms with Crippen molar-refractivity contribution in [3.8, 4) is 5.75 Å². The smallest absolute Gasteiger partial charge is 0.325 e. The van der Waals surface area contributed by atoms with Crippen molar-refractivity contribution in [2.75, 3.05) is 20.2 Å². The molecule has 5 heteroatoms. The van der Waals surface area contributed by atoms with Gasteiger partial charge in [0, 0.05) is 6.54 Å². The minimum absolute atomic E-state index is 0.0890. The predicted molar refractivity (Wildman–Crippen MR) is 66.4 cm³/mol.